The van der Waals surface area contributed by atoms with Gasteiger partial charge in [-0.05, 0) is 19.1 Å². The number of carbonyl (C=O) groups is 1. The van der Waals surface area contributed by atoms with Gasteiger partial charge in [0.25, 0.3) is 0 Å². The number of rotatable bonds is 3. The predicted octanol–water partition coefficient (Wildman–Crippen LogP) is 1.90. The average molecular weight is 221 g/mol. The predicted molar refractivity (Wildman–Crippen MR) is 57.8 cm³/mol. The highest BCUT2D eigenvalue weighted by Gasteiger charge is 2.05. The molecule has 0 aliphatic rings. The molecule has 0 aliphatic heterocycles. The van der Waals surface area contributed by atoms with Gasteiger partial charge in [-0.25, -0.2) is 15.6 Å². The van der Waals surface area contributed by atoms with Gasteiger partial charge in [0.2, 0.25) is 0 Å². The number of anilines is 1. The summed E-state index contributed by atoms with van der Waals surface area (Å²) in [5, 5.41) is 0. The van der Waals surface area contributed by atoms with Crippen molar-refractivity contribution in [1.82, 2.24) is 10.4 Å². The lowest BCUT2D eigenvalue weighted by Crippen LogP contribution is -2.30. The van der Waals surface area contributed by atoms with Crippen LogP contribution >= 0.6 is 0 Å². The van der Waals surface area contributed by atoms with Crippen molar-refractivity contribution in [3.63, 3.8) is 0 Å². The third kappa shape index (κ3) is 2.22. The molecule has 0 saturated heterocycles. The van der Waals surface area contributed by atoms with E-state index >= 15 is 0 Å². The summed E-state index contributed by atoms with van der Waals surface area (Å²) in [6, 6.07) is 7.52. The minimum Gasteiger partial charge on any atom is -0.449 e. The van der Waals surface area contributed by atoms with Crippen LogP contribution in [0.2, 0.25) is 0 Å². The van der Waals surface area contributed by atoms with Gasteiger partial charge in [0.1, 0.15) is 5.52 Å². The van der Waals surface area contributed by atoms with Crippen LogP contribution in [0, 0.1) is 0 Å². The average Bonchev–Trinajstić information content (AvgIpc) is 2.69. The number of nitrogens with zero attached hydrogens (tertiary/aromatic N) is 1. The monoisotopic (exact) mass is 221 g/mol. The Kier molecular flexibility index (Phi) is 2.90. The Hall–Kier alpha value is -2.24. The van der Waals surface area contributed by atoms with Crippen molar-refractivity contribution in [2.24, 2.45) is 0 Å². The molecule has 0 atom stereocenters. The van der Waals surface area contributed by atoms with Gasteiger partial charge in [0.15, 0.2) is 5.58 Å². The van der Waals surface area contributed by atoms with Gasteiger partial charge in [-0.2, -0.15) is 4.98 Å². The first-order valence-corrected chi connectivity index (χ1v) is 4.84. The van der Waals surface area contributed by atoms with Gasteiger partial charge in [0, 0.05) is 0 Å². The van der Waals surface area contributed by atoms with Crippen LogP contribution in [0.5, 0.6) is 0 Å². The molecule has 0 unspecified atom stereocenters. The second-order valence-electron chi connectivity index (χ2n) is 2.96. The van der Waals surface area contributed by atoms with Crippen molar-refractivity contribution in [2.75, 3.05) is 12.0 Å². The maximum atomic E-state index is 11.0. The number of oxazole rings is 1. The van der Waals surface area contributed by atoms with E-state index < -0.39 is 6.09 Å². The summed E-state index contributed by atoms with van der Waals surface area (Å²) in [5.41, 5.74) is 6.18. The SMILES string of the molecule is CCOC(=O)NNc1nc2ccccc2o1. The molecule has 84 valence electrons. The number of hydrogen-bond acceptors (Lipinski definition) is 5. The van der Waals surface area contributed by atoms with Crippen molar-refractivity contribution < 1.29 is 13.9 Å². The molecule has 1 aromatic carbocycles. The zero-order chi connectivity index (χ0) is 11.4. The molecule has 0 saturated carbocycles. The molecule has 1 aromatic heterocycles. The van der Waals surface area contributed by atoms with E-state index in [1.165, 1.54) is 0 Å². The normalized spacial score (nSPS) is 10.1. The molecule has 6 heteroatoms. The summed E-state index contributed by atoms with van der Waals surface area (Å²) in [6.45, 7) is 2.03. The lowest BCUT2D eigenvalue weighted by atomic mass is 10.3. The standard InChI is InChI=1S/C10H11N3O3/c1-2-15-10(14)13-12-9-11-7-5-3-4-6-8(7)16-9/h3-6H,2H2,1H3,(H,11,12)(H,13,14). The van der Waals surface area contributed by atoms with Crippen LogP contribution in [0.3, 0.4) is 0 Å². The van der Waals surface area contributed by atoms with Crippen LogP contribution in [0.4, 0.5) is 10.8 Å². The van der Waals surface area contributed by atoms with E-state index in [4.69, 9.17) is 4.42 Å². The van der Waals surface area contributed by atoms with Crippen LogP contribution in [-0.4, -0.2) is 17.7 Å². The van der Waals surface area contributed by atoms with E-state index in [-0.39, 0.29) is 6.01 Å². The summed E-state index contributed by atoms with van der Waals surface area (Å²) in [4.78, 5) is 15.1. The van der Waals surface area contributed by atoms with Gasteiger partial charge in [-0.3, -0.25) is 0 Å². The smallest absolute Gasteiger partial charge is 0.426 e. The van der Waals surface area contributed by atoms with Crippen molar-refractivity contribution in [3.05, 3.63) is 24.3 Å². The number of hydrazine groups is 1. The molecule has 0 spiro atoms. The maximum absolute atomic E-state index is 11.0. The molecule has 16 heavy (non-hydrogen) atoms. The molecule has 0 fully saturated rings. The van der Waals surface area contributed by atoms with Gasteiger partial charge in [-0.1, -0.05) is 12.1 Å². The molecule has 0 aliphatic carbocycles. The largest absolute Gasteiger partial charge is 0.449 e. The number of carbonyl (C=O) groups excluding carboxylic acids is 1. The topological polar surface area (TPSA) is 76.4 Å². The zero-order valence-electron chi connectivity index (χ0n) is 8.69. The van der Waals surface area contributed by atoms with Crippen molar-refractivity contribution >= 4 is 23.2 Å². The van der Waals surface area contributed by atoms with Crippen LogP contribution in [0.15, 0.2) is 28.7 Å². The van der Waals surface area contributed by atoms with Gasteiger partial charge in [-0.15, -0.1) is 0 Å². The Morgan fingerprint density at radius 3 is 3.06 bits per heavy atom. The molecule has 2 rings (SSSR count). The Morgan fingerprint density at radius 1 is 1.50 bits per heavy atom. The number of para-hydroxylation sites is 2. The number of ether oxygens (including phenoxy) is 1. The fraction of sp³-hybridized carbons (Fsp3) is 0.200. The van der Waals surface area contributed by atoms with Crippen molar-refractivity contribution in [3.8, 4) is 0 Å². The number of hydrogen-bond donors (Lipinski definition) is 2. The van der Waals surface area contributed by atoms with E-state index in [9.17, 15) is 4.79 Å². The Morgan fingerprint density at radius 2 is 2.31 bits per heavy atom. The number of aromatic nitrogens is 1. The first-order chi connectivity index (χ1) is 7.79. The molecule has 1 amide bonds. The fourth-order valence-electron chi connectivity index (χ4n) is 1.20. The minimum absolute atomic E-state index is 0.217. The molecule has 2 aromatic rings. The Labute approximate surface area is 91.6 Å². The Bertz CT molecular complexity index is 462. The summed E-state index contributed by atoms with van der Waals surface area (Å²) in [7, 11) is 0. The Balaban J connectivity index is 2.02. The first-order valence-electron chi connectivity index (χ1n) is 4.84. The lowest BCUT2D eigenvalue weighted by molar-refractivity contribution is 0.154. The molecule has 2 N–H and O–H groups in total. The highest BCUT2D eigenvalue weighted by atomic mass is 16.6. The van der Waals surface area contributed by atoms with E-state index in [2.05, 4.69) is 20.6 Å². The summed E-state index contributed by atoms with van der Waals surface area (Å²) < 4.78 is 9.96. The molecular weight excluding hydrogens is 210 g/mol. The molecule has 6 nitrogen and oxygen atoms in total. The summed E-state index contributed by atoms with van der Waals surface area (Å²) >= 11 is 0. The van der Waals surface area contributed by atoms with E-state index in [1.54, 1.807) is 13.0 Å². The molecular formula is C10H11N3O3. The lowest BCUT2D eigenvalue weighted by Gasteiger charge is -2.03. The van der Waals surface area contributed by atoms with E-state index in [0.29, 0.717) is 12.2 Å². The summed E-state index contributed by atoms with van der Waals surface area (Å²) in [5.74, 6) is 0. The highest BCUT2D eigenvalue weighted by molar-refractivity contribution is 5.74. The molecule has 1 heterocycles. The second-order valence-corrected chi connectivity index (χ2v) is 2.96. The van der Waals surface area contributed by atoms with Crippen molar-refractivity contribution in [2.45, 2.75) is 6.92 Å². The maximum Gasteiger partial charge on any atom is 0.426 e. The van der Waals surface area contributed by atoms with Crippen molar-refractivity contribution in [1.29, 1.82) is 0 Å². The number of fused-ring (bicyclic) bond motifs is 1. The fourth-order valence-corrected chi connectivity index (χ4v) is 1.20. The number of amides is 1. The summed E-state index contributed by atoms with van der Waals surface area (Å²) in [6.07, 6.45) is -0.579. The van der Waals surface area contributed by atoms with Crippen LogP contribution < -0.4 is 10.9 Å². The third-order valence-electron chi connectivity index (χ3n) is 1.84. The number of benzene rings is 1. The van der Waals surface area contributed by atoms with E-state index in [0.717, 1.165) is 5.52 Å². The number of nitrogens with one attached hydrogen (secondary N) is 2. The van der Waals surface area contributed by atoms with Crippen LogP contribution in [-0.2, 0) is 4.74 Å². The zero-order valence-corrected chi connectivity index (χ0v) is 8.69. The quantitative estimate of drug-likeness (QED) is 0.774. The molecule has 0 radical (unpaired) electrons. The minimum atomic E-state index is -0.579. The third-order valence-corrected chi connectivity index (χ3v) is 1.84. The second kappa shape index (κ2) is 4.52. The first kappa shape index (κ1) is 10.3. The molecule has 0 bridgehead atoms. The van der Waals surface area contributed by atoms with Crippen LogP contribution in [0.25, 0.3) is 11.1 Å². The van der Waals surface area contributed by atoms with Crippen LogP contribution in [0.1, 0.15) is 6.92 Å². The highest BCUT2D eigenvalue weighted by Crippen LogP contribution is 2.17. The van der Waals surface area contributed by atoms with Gasteiger partial charge in [0.05, 0.1) is 6.61 Å². The van der Waals surface area contributed by atoms with E-state index in [1.807, 2.05) is 18.2 Å². The van der Waals surface area contributed by atoms with Gasteiger partial charge >= 0.3 is 12.1 Å². The van der Waals surface area contributed by atoms with Gasteiger partial charge < -0.3 is 9.15 Å².